The maximum absolute atomic E-state index is 12.4. The summed E-state index contributed by atoms with van der Waals surface area (Å²) < 4.78 is 0. The minimum Gasteiger partial charge on any atom is -0.351 e. The van der Waals surface area contributed by atoms with E-state index in [4.69, 9.17) is 5.73 Å². The van der Waals surface area contributed by atoms with Crippen LogP contribution >= 0.6 is 11.3 Å². The summed E-state index contributed by atoms with van der Waals surface area (Å²) in [5.74, 6) is -0.341. The first-order chi connectivity index (χ1) is 10.7. The first kappa shape index (κ1) is 16.2. The van der Waals surface area contributed by atoms with Crippen LogP contribution in [0.1, 0.15) is 23.7 Å². The van der Waals surface area contributed by atoms with E-state index < -0.39 is 0 Å². The molecule has 0 radical (unpaired) electrons. The Morgan fingerprint density at radius 1 is 1.23 bits per heavy atom. The standard InChI is InChI=1S/C16H19N3O2S/c1-2-13(20)19-16-14(15(21)18-9-8-17)12(10-22-16)11-6-4-3-5-7-11/h3-7,10H,2,8-9,17H2,1H3,(H,18,21)(H,19,20). The molecule has 0 unspecified atom stereocenters. The van der Waals surface area contributed by atoms with E-state index in [0.29, 0.717) is 30.1 Å². The third kappa shape index (κ3) is 3.72. The van der Waals surface area contributed by atoms with Gasteiger partial charge in [0.05, 0.1) is 5.56 Å². The quantitative estimate of drug-likeness (QED) is 0.765. The van der Waals surface area contributed by atoms with Crippen molar-refractivity contribution < 1.29 is 9.59 Å². The first-order valence-corrected chi connectivity index (χ1v) is 8.00. The summed E-state index contributed by atoms with van der Waals surface area (Å²) in [7, 11) is 0. The lowest BCUT2D eigenvalue weighted by Gasteiger charge is -2.09. The molecule has 0 aliphatic rings. The summed E-state index contributed by atoms with van der Waals surface area (Å²) in [6, 6.07) is 9.63. The van der Waals surface area contributed by atoms with Gasteiger partial charge in [-0.3, -0.25) is 9.59 Å². The van der Waals surface area contributed by atoms with E-state index in [2.05, 4.69) is 10.6 Å². The Labute approximate surface area is 133 Å². The third-order valence-electron chi connectivity index (χ3n) is 3.11. The van der Waals surface area contributed by atoms with Gasteiger partial charge in [0.25, 0.3) is 5.91 Å². The molecule has 116 valence electrons. The lowest BCUT2D eigenvalue weighted by Crippen LogP contribution is -2.29. The number of benzene rings is 1. The van der Waals surface area contributed by atoms with Gasteiger partial charge < -0.3 is 16.4 Å². The molecule has 0 aliphatic heterocycles. The van der Waals surface area contributed by atoms with Crippen molar-refractivity contribution in [3.05, 3.63) is 41.3 Å². The van der Waals surface area contributed by atoms with E-state index in [9.17, 15) is 9.59 Å². The second-order valence-corrected chi connectivity index (χ2v) is 5.55. The zero-order valence-electron chi connectivity index (χ0n) is 12.4. The molecule has 22 heavy (non-hydrogen) atoms. The lowest BCUT2D eigenvalue weighted by atomic mass is 10.0. The highest BCUT2D eigenvalue weighted by molar-refractivity contribution is 7.15. The van der Waals surface area contributed by atoms with Crippen LogP contribution < -0.4 is 16.4 Å². The molecule has 2 aromatic rings. The molecule has 2 amide bonds. The molecule has 5 nitrogen and oxygen atoms in total. The second-order valence-electron chi connectivity index (χ2n) is 4.67. The van der Waals surface area contributed by atoms with Gasteiger partial charge >= 0.3 is 0 Å². The predicted molar refractivity (Wildman–Crippen MR) is 90.1 cm³/mol. The normalized spacial score (nSPS) is 10.3. The molecule has 1 aromatic carbocycles. The van der Waals surface area contributed by atoms with Crippen LogP contribution in [0.25, 0.3) is 11.1 Å². The van der Waals surface area contributed by atoms with E-state index >= 15 is 0 Å². The number of carbonyl (C=O) groups is 2. The minimum atomic E-state index is -0.225. The Morgan fingerprint density at radius 3 is 2.59 bits per heavy atom. The molecule has 0 bridgehead atoms. The second kappa shape index (κ2) is 7.72. The first-order valence-electron chi connectivity index (χ1n) is 7.12. The fourth-order valence-corrected chi connectivity index (χ4v) is 2.98. The number of thiophene rings is 1. The third-order valence-corrected chi connectivity index (χ3v) is 4.00. The Morgan fingerprint density at radius 2 is 1.95 bits per heavy atom. The van der Waals surface area contributed by atoms with Gasteiger partial charge in [-0.15, -0.1) is 11.3 Å². The Kier molecular flexibility index (Phi) is 5.68. The van der Waals surface area contributed by atoms with Crippen LogP contribution in [0.3, 0.4) is 0 Å². The fraction of sp³-hybridized carbons (Fsp3) is 0.250. The zero-order valence-corrected chi connectivity index (χ0v) is 13.2. The van der Waals surface area contributed by atoms with Crippen molar-refractivity contribution in [2.45, 2.75) is 13.3 Å². The molecular weight excluding hydrogens is 298 g/mol. The number of anilines is 1. The Balaban J connectivity index is 2.41. The summed E-state index contributed by atoms with van der Waals surface area (Å²) in [6.45, 7) is 2.53. The molecule has 6 heteroatoms. The van der Waals surface area contributed by atoms with Crippen molar-refractivity contribution in [2.75, 3.05) is 18.4 Å². The van der Waals surface area contributed by atoms with E-state index in [1.54, 1.807) is 6.92 Å². The molecule has 0 fully saturated rings. The number of rotatable bonds is 6. The topological polar surface area (TPSA) is 84.2 Å². The number of amides is 2. The average molecular weight is 317 g/mol. The number of nitrogens with two attached hydrogens (primary N) is 1. The Bertz CT molecular complexity index is 653. The van der Waals surface area contributed by atoms with Crippen LogP contribution in [-0.4, -0.2) is 24.9 Å². The Hall–Kier alpha value is -2.18. The van der Waals surface area contributed by atoms with Gasteiger partial charge in [-0.2, -0.15) is 0 Å². The number of hydrogen-bond acceptors (Lipinski definition) is 4. The van der Waals surface area contributed by atoms with Gasteiger partial charge in [0.1, 0.15) is 5.00 Å². The molecular formula is C16H19N3O2S. The van der Waals surface area contributed by atoms with Gasteiger partial charge in [-0.1, -0.05) is 37.3 Å². The van der Waals surface area contributed by atoms with Gasteiger partial charge in [-0.25, -0.2) is 0 Å². The highest BCUT2D eigenvalue weighted by atomic mass is 32.1. The van der Waals surface area contributed by atoms with Crippen molar-refractivity contribution in [1.29, 1.82) is 0 Å². The molecule has 0 atom stereocenters. The molecule has 1 heterocycles. The van der Waals surface area contributed by atoms with Crippen LogP contribution in [0.5, 0.6) is 0 Å². The molecule has 0 aliphatic carbocycles. The highest BCUT2D eigenvalue weighted by Gasteiger charge is 2.20. The van der Waals surface area contributed by atoms with Gasteiger partial charge in [0, 0.05) is 30.5 Å². The molecule has 4 N–H and O–H groups in total. The van der Waals surface area contributed by atoms with Gasteiger partial charge in [0.2, 0.25) is 5.91 Å². The number of carbonyl (C=O) groups excluding carboxylic acids is 2. The van der Waals surface area contributed by atoms with E-state index in [1.165, 1.54) is 11.3 Å². The zero-order chi connectivity index (χ0) is 15.9. The molecule has 2 rings (SSSR count). The van der Waals surface area contributed by atoms with Gasteiger partial charge in [-0.05, 0) is 5.56 Å². The lowest BCUT2D eigenvalue weighted by molar-refractivity contribution is -0.115. The summed E-state index contributed by atoms with van der Waals surface area (Å²) in [5, 5.41) is 8.02. The van der Waals surface area contributed by atoms with Crippen molar-refractivity contribution in [2.24, 2.45) is 5.73 Å². The number of hydrogen-bond donors (Lipinski definition) is 3. The van der Waals surface area contributed by atoms with Gasteiger partial charge in [0.15, 0.2) is 0 Å². The van der Waals surface area contributed by atoms with E-state index in [0.717, 1.165) is 11.1 Å². The van der Waals surface area contributed by atoms with Crippen LogP contribution in [0, 0.1) is 0 Å². The van der Waals surface area contributed by atoms with Crippen LogP contribution in [0.15, 0.2) is 35.7 Å². The van der Waals surface area contributed by atoms with Crippen molar-refractivity contribution in [1.82, 2.24) is 5.32 Å². The van der Waals surface area contributed by atoms with Crippen molar-refractivity contribution in [3.63, 3.8) is 0 Å². The van der Waals surface area contributed by atoms with E-state index in [1.807, 2.05) is 35.7 Å². The van der Waals surface area contributed by atoms with Crippen LogP contribution in [0.4, 0.5) is 5.00 Å². The largest absolute Gasteiger partial charge is 0.351 e. The summed E-state index contributed by atoms with van der Waals surface area (Å²) in [5.41, 5.74) is 7.68. The SMILES string of the molecule is CCC(=O)Nc1scc(-c2ccccc2)c1C(=O)NCCN. The van der Waals surface area contributed by atoms with Crippen LogP contribution in [0.2, 0.25) is 0 Å². The van der Waals surface area contributed by atoms with Crippen LogP contribution in [-0.2, 0) is 4.79 Å². The molecule has 1 aromatic heterocycles. The fourth-order valence-electron chi connectivity index (χ4n) is 1.99. The smallest absolute Gasteiger partial charge is 0.254 e. The maximum atomic E-state index is 12.4. The number of nitrogens with one attached hydrogen (secondary N) is 2. The molecule has 0 saturated carbocycles. The molecule has 0 saturated heterocycles. The minimum absolute atomic E-state index is 0.116. The summed E-state index contributed by atoms with van der Waals surface area (Å²) in [4.78, 5) is 24.1. The maximum Gasteiger partial charge on any atom is 0.254 e. The molecule has 0 spiro atoms. The summed E-state index contributed by atoms with van der Waals surface area (Å²) >= 11 is 1.35. The highest BCUT2D eigenvalue weighted by Crippen LogP contribution is 2.35. The predicted octanol–water partition coefficient (Wildman–Crippen LogP) is 2.45. The van der Waals surface area contributed by atoms with Crippen molar-refractivity contribution >= 4 is 28.2 Å². The monoisotopic (exact) mass is 317 g/mol. The average Bonchev–Trinajstić information content (AvgIpc) is 2.96. The van der Waals surface area contributed by atoms with E-state index in [-0.39, 0.29) is 11.8 Å². The summed E-state index contributed by atoms with van der Waals surface area (Å²) in [6.07, 6.45) is 0.364. The van der Waals surface area contributed by atoms with Crippen molar-refractivity contribution in [3.8, 4) is 11.1 Å².